The van der Waals surface area contributed by atoms with Gasteiger partial charge in [0, 0.05) is 5.39 Å². The summed E-state index contributed by atoms with van der Waals surface area (Å²) in [6, 6.07) is 9.06. The molecule has 2 aromatic carbocycles. The van der Waals surface area contributed by atoms with Gasteiger partial charge < -0.3 is 25.7 Å². The lowest BCUT2D eigenvalue weighted by Gasteiger charge is -2.18. The normalized spacial score (nSPS) is 12.1. The molecule has 0 aliphatic rings. The minimum Gasteiger partial charge on any atom is -0.486 e. The number of nitrogens with two attached hydrogens (primary N) is 2. The molecule has 0 saturated heterocycles. The van der Waals surface area contributed by atoms with Crippen LogP contribution in [0.3, 0.4) is 0 Å². The van der Waals surface area contributed by atoms with Gasteiger partial charge in [-0.15, -0.1) is 0 Å². The molecule has 146 valence electrons. The first kappa shape index (κ1) is 19.4. The maximum atomic E-state index is 13.9. The van der Waals surface area contributed by atoms with Gasteiger partial charge in [0.05, 0.1) is 18.1 Å². The maximum absolute atomic E-state index is 13.9. The number of rotatable bonds is 7. The van der Waals surface area contributed by atoms with Crippen molar-refractivity contribution in [3.8, 4) is 5.75 Å². The zero-order valence-corrected chi connectivity index (χ0v) is 15.1. The van der Waals surface area contributed by atoms with E-state index in [1.165, 1.54) is 18.2 Å². The van der Waals surface area contributed by atoms with E-state index in [9.17, 15) is 19.1 Å². The van der Waals surface area contributed by atoms with Gasteiger partial charge in [0.2, 0.25) is 5.91 Å². The molecule has 1 atom stereocenters. The number of carbonyl (C=O) groups is 2. The van der Waals surface area contributed by atoms with Crippen molar-refractivity contribution in [3.05, 3.63) is 64.7 Å². The summed E-state index contributed by atoms with van der Waals surface area (Å²) in [4.78, 5) is 23.9. The number of ether oxygens (including phenoxy) is 1. The number of halogens is 1. The van der Waals surface area contributed by atoms with E-state index in [0.29, 0.717) is 11.1 Å². The predicted molar refractivity (Wildman–Crippen MR) is 99.2 cm³/mol. The second kappa shape index (κ2) is 7.69. The molecule has 3 aromatic rings. The van der Waals surface area contributed by atoms with Crippen LogP contribution >= 0.6 is 0 Å². The van der Waals surface area contributed by atoms with Gasteiger partial charge in [-0.2, -0.15) is 0 Å². The zero-order chi connectivity index (χ0) is 20.4. The monoisotopic (exact) mass is 386 g/mol. The summed E-state index contributed by atoms with van der Waals surface area (Å²) in [5.41, 5.74) is 12.1. The number of aliphatic hydroxyl groups excluding tert-OH is 1. The smallest absolute Gasteiger partial charge is 0.252 e. The van der Waals surface area contributed by atoms with Gasteiger partial charge in [0.15, 0.2) is 11.6 Å². The second-order valence-corrected chi connectivity index (χ2v) is 6.27. The Morgan fingerprint density at radius 1 is 1.21 bits per heavy atom. The Balaban J connectivity index is 2.18. The fourth-order valence-corrected chi connectivity index (χ4v) is 3.24. The van der Waals surface area contributed by atoms with Crippen LogP contribution in [0, 0.1) is 12.7 Å². The third-order valence-electron chi connectivity index (χ3n) is 4.50. The number of para-hydroxylation sites is 1. The number of primary amides is 2. The quantitative estimate of drug-likeness (QED) is 0.573. The number of amides is 2. The Kier molecular flexibility index (Phi) is 5.32. The molecule has 28 heavy (non-hydrogen) atoms. The van der Waals surface area contributed by atoms with Crippen LogP contribution in [0.4, 0.5) is 4.39 Å². The van der Waals surface area contributed by atoms with Crippen molar-refractivity contribution in [3.63, 3.8) is 0 Å². The molecule has 8 heteroatoms. The molecule has 0 spiro atoms. The SMILES string of the molecule is Cc1oc2ccc(COc3ccccc3F)c(C(CO)C(N)=O)c2c1C(N)=O. The van der Waals surface area contributed by atoms with Gasteiger partial charge in [-0.25, -0.2) is 4.39 Å². The number of furan rings is 1. The third-order valence-corrected chi connectivity index (χ3v) is 4.50. The van der Waals surface area contributed by atoms with Gasteiger partial charge in [-0.1, -0.05) is 18.2 Å². The van der Waals surface area contributed by atoms with Crippen LogP contribution in [0.25, 0.3) is 11.0 Å². The Labute approximate surface area is 159 Å². The van der Waals surface area contributed by atoms with Crippen LogP contribution in [0.1, 0.15) is 33.2 Å². The number of benzene rings is 2. The van der Waals surface area contributed by atoms with Gasteiger partial charge in [0.1, 0.15) is 18.0 Å². The Bertz CT molecular complexity index is 1060. The van der Waals surface area contributed by atoms with Crippen molar-refractivity contribution in [2.24, 2.45) is 11.5 Å². The molecule has 1 aromatic heterocycles. The molecule has 7 nitrogen and oxygen atoms in total. The summed E-state index contributed by atoms with van der Waals surface area (Å²) in [7, 11) is 0. The molecule has 0 bridgehead atoms. The van der Waals surface area contributed by atoms with Crippen LogP contribution < -0.4 is 16.2 Å². The molecule has 0 fully saturated rings. The molecule has 1 unspecified atom stereocenters. The minimum atomic E-state index is -1.13. The van der Waals surface area contributed by atoms with E-state index in [4.69, 9.17) is 20.6 Å². The number of hydrogen-bond donors (Lipinski definition) is 3. The third kappa shape index (κ3) is 3.41. The van der Waals surface area contributed by atoms with Crippen molar-refractivity contribution >= 4 is 22.8 Å². The lowest BCUT2D eigenvalue weighted by atomic mass is 9.89. The molecular formula is C20H19FN2O5. The lowest BCUT2D eigenvalue weighted by molar-refractivity contribution is -0.120. The number of fused-ring (bicyclic) bond motifs is 1. The van der Waals surface area contributed by atoms with Crippen molar-refractivity contribution in [2.45, 2.75) is 19.4 Å². The van der Waals surface area contributed by atoms with Crippen LogP contribution in [-0.4, -0.2) is 23.5 Å². The Hall–Kier alpha value is -3.39. The highest BCUT2D eigenvalue weighted by Gasteiger charge is 2.28. The molecule has 0 radical (unpaired) electrons. The largest absolute Gasteiger partial charge is 0.486 e. The first-order chi connectivity index (χ1) is 13.3. The summed E-state index contributed by atoms with van der Waals surface area (Å²) < 4.78 is 25.0. The highest BCUT2D eigenvalue weighted by atomic mass is 19.1. The van der Waals surface area contributed by atoms with E-state index in [2.05, 4.69) is 0 Å². The van der Waals surface area contributed by atoms with E-state index in [-0.39, 0.29) is 34.6 Å². The highest BCUT2D eigenvalue weighted by molar-refractivity contribution is 6.09. The fraction of sp³-hybridized carbons (Fsp3) is 0.200. The highest BCUT2D eigenvalue weighted by Crippen LogP contribution is 2.35. The summed E-state index contributed by atoms with van der Waals surface area (Å²) >= 11 is 0. The van der Waals surface area contributed by atoms with E-state index < -0.39 is 30.2 Å². The maximum Gasteiger partial charge on any atom is 0.252 e. The van der Waals surface area contributed by atoms with Crippen LogP contribution in [0.5, 0.6) is 5.75 Å². The first-order valence-corrected chi connectivity index (χ1v) is 8.47. The second-order valence-electron chi connectivity index (χ2n) is 6.27. The number of hydrogen-bond acceptors (Lipinski definition) is 5. The summed E-state index contributed by atoms with van der Waals surface area (Å²) in [6.07, 6.45) is 0. The van der Waals surface area contributed by atoms with E-state index in [1.807, 2.05) is 0 Å². The molecule has 0 aliphatic carbocycles. The fourth-order valence-electron chi connectivity index (χ4n) is 3.24. The van der Waals surface area contributed by atoms with Crippen molar-refractivity contribution < 1.29 is 28.2 Å². The number of aliphatic hydroxyl groups is 1. The van der Waals surface area contributed by atoms with E-state index >= 15 is 0 Å². The van der Waals surface area contributed by atoms with Gasteiger partial charge in [-0.3, -0.25) is 9.59 Å². The van der Waals surface area contributed by atoms with Crippen molar-refractivity contribution in [1.29, 1.82) is 0 Å². The molecule has 1 heterocycles. The topological polar surface area (TPSA) is 129 Å². The number of carbonyl (C=O) groups excluding carboxylic acids is 2. The Morgan fingerprint density at radius 3 is 2.54 bits per heavy atom. The van der Waals surface area contributed by atoms with Gasteiger partial charge in [-0.05, 0) is 36.2 Å². The molecule has 0 saturated carbocycles. The summed E-state index contributed by atoms with van der Waals surface area (Å²) in [5, 5.41) is 10.0. The molecule has 2 amide bonds. The first-order valence-electron chi connectivity index (χ1n) is 8.47. The van der Waals surface area contributed by atoms with Gasteiger partial charge >= 0.3 is 0 Å². The number of aryl methyl sites for hydroxylation is 1. The average molecular weight is 386 g/mol. The molecule has 5 N–H and O–H groups in total. The van der Waals surface area contributed by atoms with Crippen LogP contribution in [-0.2, 0) is 11.4 Å². The Morgan fingerprint density at radius 2 is 1.93 bits per heavy atom. The van der Waals surface area contributed by atoms with Crippen molar-refractivity contribution in [1.82, 2.24) is 0 Å². The van der Waals surface area contributed by atoms with Crippen LogP contribution in [0.15, 0.2) is 40.8 Å². The van der Waals surface area contributed by atoms with E-state index in [0.717, 1.165) is 0 Å². The van der Waals surface area contributed by atoms with Crippen molar-refractivity contribution in [2.75, 3.05) is 6.61 Å². The van der Waals surface area contributed by atoms with Gasteiger partial charge in [0.25, 0.3) is 5.91 Å². The van der Waals surface area contributed by atoms with Crippen LogP contribution in [0.2, 0.25) is 0 Å². The lowest BCUT2D eigenvalue weighted by Crippen LogP contribution is -2.26. The average Bonchev–Trinajstić information content (AvgIpc) is 2.98. The minimum absolute atomic E-state index is 0.0201. The molecule has 0 aliphatic heterocycles. The molecule has 3 rings (SSSR count). The summed E-state index contributed by atoms with van der Waals surface area (Å²) in [5.74, 6) is -2.92. The summed E-state index contributed by atoms with van der Waals surface area (Å²) in [6.45, 7) is 0.847. The predicted octanol–water partition coefficient (Wildman–Crippen LogP) is 2.12. The van der Waals surface area contributed by atoms with E-state index in [1.54, 1.807) is 25.1 Å². The molecular weight excluding hydrogens is 367 g/mol. The standard InChI is InChI=1S/C20H19FN2O5/c1-10-16(20(23)26)18-15(28-10)7-6-11(17(18)12(8-24)19(22)25)9-27-14-5-3-2-4-13(14)21/h2-7,12,24H,8-9H2,1H3,(H2,22,25)(H2,23,26). The zero-order valence-electron chi connectivity index (χ0n) is 15.1.